The molecule has 0 spiro atoms. The molecule has 3 heterocycles. The zero-order valence-electron chi connectivity index (χ0n) is 11.1. The van der Waals surface area contributed by atoms with Gasteiger partial charge in [0.25, 0.3) is 0 Å². The number of nitrogens with zero attached hydrogens (tertiary/aromatic N) is 4. The van der Waals surface area contributed by atoms with Crippen molar-refractivity contribution in [2.75, 3.05) is 0 Å². The van der Waals surface area contributed by atoms with E-state index in [1.807, 2.05) is 18.7 Å². The molecule has 5 heteroatoms. The van der Waals surface area contributed by atoms with Crippen LogP contribution in [0.1, 0.15) is 31.7 Å². The summed E-state index contributed by atoms with van der Waals surface area (Å²) >= 11 is 0. The number of H-pyrrole nitrogens is 1. The average molecular weight is 265 g/mol. The van der Waals surface area contributed by atoms with Crippen molar-refractivity contribution >= 4 is 22.1 Å². The van der Waals surface area contributed by atoms with Crippen LogP contribution in [0.15, 0.2) is 24.8 Å². The van der Waals surface area contributed by atoms with E-state index in [0.29, 0.717) is 6.04 Å². The zero-order chi connectivity index (χ0) is 13.5. The second kappa shape index (κ2) is 4.34. The summed E-state index contributed by atoms with van der Waals surface area (Å²) in [4.78, 5) is 12.0. The van der Waals surface area contributed by atoms with E-state index in [2.05, 4.69) is 31.7 Å². The smallest absolute Gasteiger partial charge is 0.139 e. The van der Waals surface area contributed by atoms with Gasteiger partial charge in [-0.2, -0.15) is 5.26 Å². The second-order valence-electron chi connectivity index (χ2n) is 5.52. The number of fused-ring (bicyclic) bond motifs is 3. The van der Waals surface area contributed by atoms with Crippen LogP contribution in [0.3, 0.4) is 0 Å². The first-order valence-electron chi connectivity index (χ1n) is 7.05. The zero-order valence-corrected chi connectivity index (χ0v) is 11.1. The van der Waals surface area contributed by atoms with E-state index in [1.54, 1.807) is 0 Å². The number of aromatic amines is 1. The number of hydrogen-bond donors (Lipinski definition) is 1. The normalized spacial score (nSPS) is 23.1. The van der Waals surface area contributed by atoms with Gasteiger partial charge in [-0.05, 0) is 31.7 Å². The lowest BCUT2D eigenvalue weighted by atomic mass is 9.87. The van der Waals surface area contributed by atoms with Gasteiger partial charge in [0.05, 0.1) is 24.1 Å². The van der Waals surface area contributed by atoms with Crippen molar-refractivity contribution < 1.29 is 0 Å². The fraction of sp³-hybridized carbons (Fsp3) is 0.400. The van der Waals surface area contributed by atoms with Gasteiger partial charge < -0.3 is 9.55 Å². The molecule has 100 valence electrons. The maximum absolute atomic E-state index is 9.01. The predicted octanol–water partition coefficient (Wildman–Crippen LogP) is 3.17. The van der Waals surface area contributed by atoms with Crippen LogP contribution in [0.25, 0.3) is 22.1 Å². The Morgan fingerprint density at radius 2 is 2.10 bits per heavy atom. The minimum Gasteiger partial charge on any atom is -0.346 e. The summed E-state index contributed by atoms with van der Waals surface area (Å²) in [5, 5.41) is 10.1. The Hall–Kier alpha value is -2.35. The number of imidazole rings is 1. The van der Waals surface area contributed by atoms with Crippen molar-refractivity contribution in [2.24, 2.45) is 5.92 Å². The minimum atomic E-state index is 0.231. The standard InChI is InChI=1S/C15H15N5/c16-7-10-1-3-11(4-2-10)20-9-19-13-8-18-15-12(14(13)20)5-6-17-15/h5-6,8-11H,1-4H2,(H,17,18)/t10-,11-. The lowest BCUT2D eigenvalue weighted by Gasteiger charge is -2.26. The largest absolute Gasteiger partial charge is 0.346 e. The summed E-state index contributed by atoms with van der Waals surface area (Å²) in [6, 6.07) is 4.90. The number of nitriles is 1. The molecule has 1 N–H and O–H groups in total. The first kappa shape index (κ1) is 11.5. The maximum Gasteiger partial charge on any atom is 0.139 e. The van der Waals surface area contributed by atoms with E-state index in [-0.39, 0.29) is 5.92 Å². The Bertz CT molecular complexity index is 798. The molecule has 1 saturated carbocycles. The molecule has 1 aliphatic carbocycles. The molecule has 5 nitrogen and oxygen atoms in total. The van der Waals surface area contributed by atoms with Gasteiger partial charge in [0.2, 0.25) is 0 Å². The Morgan fingerprint density at radius 1 is 1.25 bits per heavy atom. The highest BCUT2D eigenvalue weighted by atomic mass is 15.1. The Balaban J connectivity index is 1.80. The first-order valence-corrected chi connectivity index (χ1v) is 7.05. The van der Waals surface area contributed by atoms with Crippen LogP contribution in [-0.4, -0.2) is 19.5 Å². The molecule has 1 fully saturated rings. The van der Waals surface area contributed by atoms with Crippen LogP contribution in [0.4, 0.5) is 0 Å². The minimum absolute atomic E-state index is 0.231. The van der Waals surface area contributed by atoms with E-state index < -0.39 is 0 Å². The SMILES string of the molecule is N#C[C@H]1CC[C@H](n2cnc3cnc4[nH]ccc4c32)CC1. The van der Waals surface area contributed by atoms with Gasteiger partial charge in [-0.1, -0.05) is 0 Å². The Morgan fingerprint density at radius 3 is 2.90 bits per heavy atom. The number of rotatable bonds is 1. The van der Waals surface area contributed by atoms with Gasteiger partial charge >= 0.3 is 0 Å². The number of hydrogen-bond acceptors (Lipinski definition) is 3. The molecule has 0 aliphatic heterocycles. The third-order valence-corrected chi connectivity index (χ3v) is 4.39. The maximum atomic E-state index is 9.01. The third-order valence-electron chi connectivity index (χ3n) is 4.39. The fourth-order valence-corrected chi connectivity index (χ4v) is 3.29. The van der Waals surface area contributed by atoms with Gasteiger partial charge in [-0.15, -0.1) is 0 Å². The molecule has 0 amide bonds. The van der Waals surface area contributed by atoms with Crippen LogP contribution < -0.4 is 0 Å². The molecule has 20 heavy (non-hydrogen) atoms. The average Bonchev–Trinajstić information content (AvgIpc) is 3.13. The summed E-state index contributed by atoms with van der Waals surface area (Å²) in [5.74, 6) is 0.231. The van der Waals surface area contributed by atoms with Gasteiger partial charge in [0.1, 0.15) is 11.2 Å². The molecule has 0 radical (unpaired) electrons. The van der Waals surface area contributed by atoms with Gasteiger partial charge in [-0.3, -0.25) is 0 Å². The lowest BCUT2D eigenvalue weighted by Crippen LogP contribution is -2.16. The topological polar surface area (TPSA) is 70.3 Å². The van der Waals surface area contributed by atoms with Crippen LogP contribution in [0, 0.1) is 17.2 Å². The Kier molecular flexibility index (Phi) is 2.49. The molecule has 0 saturated heterocycles. The van der Waals surface area contributed by atoms with Crippen molar-refractivity contribution in [2.45, 2.75) is 31.7 Å². The number of aromatic nitrogens is 4. The van der Waals surface area contributed by atoms with E-state index in [4.69, 9.17) is 5.26 Å². The van der Waals surface area contributed by atoms with E-state index in [1.165, 1.54) is 0 Å². The molecule has 3 aromatic heterocycles. The molecule has 0 atom stereocenters. The summed E-state index contributed by atoms with van der Waals surface area (Å²) < 4.78 is 2.28. The highest BCUT2D eigenvalue weighted by Crippen LogP contribution is 2.35. The first-order chi connectivity index (χ1) is 9.86. The van der Waals surface area contributed by atoms with Gasteiger partial charge in [-0.25, -0.2) is 9.97 Å². The van der Waals surface area contributed by atoms with Crippen molar-refractivity contribution in [3.63, 3.8) is 0 Å². The molecule has 3 aromatic rings. The summed E-state index contributed by atoms with van der Waals surface area (Å²) in [5.41, 5.74) is 3.01. The third kappa shape index (κ3) is 1.61. The number of nitrogens with one attached hydrogen (secondary N) is 1. The van der Waals surface area contributed by atoms with Crippen LogP contribution >= 0.6 is 0 Å². The lowest BCUT2D eigenvalue weighted by molar-refractivity contribution is 0.318. The van der Waals surface area contributed by atoms with Crippen molar-refractivity contribution in [1.29, 1.82) is 5.26 Å². The molecule has 4 rings (SSSR count). The van der Waals surface area contributed by atoms with E-state index in [9.17, 15) is 0 Å². The summed E-state index contributed by atoms with van der Waals surface area (Å²) in [6.45, 7) is 0. The summed E-state index contributed by atoms with van der Waals surface area (Å²) in [7, 11) is 0. The van der Waals surface area contributed by atoms with Gasteiger partial charge in [0, 0.05) is 23.5 Å². The molecule has 0 unspecified atom stereocenters. The molecule has 0 bridgehead atoms. The number of pyridine rings is 1. The monoisotopic (exact) mass is 265 g/mol. The van der Waals surface area contributed by atoms with Crippen LogP contribution in [-0.2, 0) is 0 Å². The van der Waals surface area contributed by atoms with Crippen molar-refractivity contribution in [3.05, 3.63) is 24.8 Å². The second-order valence-corrected chi connectivity index (χ2v) is 5.52. The van der Waals surface area contributed by atoms with E-state index in [0.717, 1.165) is 47.8 Å². The van der Waals surface area contributed by atoms with Crippen LogP contribution in [0.2, 0.25) is 0 Å². The van der Waals surface area contributed by atoms with E-state index >= 15 is 0 Å². The molecule has 0 aromatic carbocycles. The fourth-order valence-electron chi connectivity index (χ4n) is 3.29. The quantitative estimate of drug-likeness (QED) is 0.734. The molecular weight excluding hydrogens is 250 g/mol. The molecular formula is C15H15N5. The van der Waals surface area contributed by atoms with Crippen molar-refractivity contribution in [1.82, 2.24) is 19.5 Å². The van der Waals surface area contributed by atoms with Crippen LogP contribution in [0.5, 0.6) is 0 Å². The summed E-state index contributed by atoms with van der Waals surface area (Å²) in [6.07, 6.45) is 9.75. The van der Waals surface area contributed by atoms with Gasteiger partial charge in [0.15, 0.2) is 0 Å². The highest BCUT2D eigenvalue weighted by molar-refractivity contribution is 6.00. The predicted molar refractivity (Wildman–Crippen MR) is 76.0 cm³/mol. The highest BCUT2D eigenvalue weighted by Gasteiger charge is 2.23. The Labute approximate surface area is 116 Å². The van der Waals surface area contributed by atoms with Crippen molar-refractivity contribution in [3.8, 4) is 6.07 Å². The molecule has 1 aliphatic rings.